The number of para-hydroxylation sites is 2. The van der Waals surface area contributed by atoms with Crippen molar-refractivity contribution in [3.8, 4) is 16.8 Å². The van der Waals surface area contributed by atoms with Crippen molar-refractivity contribution in [3.05, 3.63) is 180 Å². The van der Waals surface area contributed by atoms with Crippen LogP contribution >= 0.6 is 0 Å². The van der Waals surface area contributed by atoms with Gasteiger partial charge in [0.15, 0.2) is 0 Å². The number of rotatable bonds is 3. The van der Waals surface area contributed by atoms with E-state index in [0.717, 1.165) is 27.6 Å². The maximum absolute atomic E-state index is 6.34. The number of benzene rings is 6. The molecule has 3 heteroatoms. The third kappa shape index (κ3) is 3.22. The predicted octanol–water partition coefficient (Wildman–Crippen LogP) is 10.4. The van der Waals surface area contributed by atoms with Crippen LogP contribution in [0.3, 0.4) is 0 Å². The second-order valence-corrected chi connectivity index (χ2v) is 11.9. The molecule has 45 heavy (non-hydrogen) atoms. The first kappa shape index (κ1) is 24.5. The zero-order valence-electron chi connectivity index (χ0n) is 24.3. The molecule has 10 rings (SSSR count). The third-order valence-electron chi connectivity index (χ3n) is 9.76. The number of nitrogens with zero attached hydrogens (tertiary/aromatic N) is 2. The molecule has 1 atom stereocenters. The number of furan rings is 1. The number of hydrogen-bond acceptors (Lipinski definition) is 2. The average Bonchev–Trinajstić information content (AvgIpc) is 3.74. The minimum absolute atomic E-state index is 0.494. The van der Waals surface area contributed by atoms with Gasteiger partial charge in [-0.25, -0.2) is 0 Å². The zero-order valence-corrected chi connectivity index (χ0v) is 24.3. The molecular formula is C42H26N2O. The topological polar surface area (TPSA) is 31.0 Å². The van der Waals surface area contributed by atoms with Crippen LogP contribution in [0, 0.1) is 0 Å². The van der Waals surface area contributed by atoms with E-state index in [1.54, 1.807) is 0 Å². The Hall–Kier alpha value is -5.93. The first-order valence-corrected chi connectivity index (χ1v) is 15.4. The molecule has 9 aromatic rings. The first-order valence-electron chi connectivity index (χ1n) is 15.4. The Morgan fingerprint density at radius 1 is 0.489 bits per heavy atom. The highest BCUT2D eigenvalue weighted by atomic mass is 16.3. The smallest absolute Gasteiger partial charge is 0.137 e. The van der Waals surface area contributed by atoms with E-state index in [0.29, 0.717) is 0 Å². The van der Waals surface area contributed by atoms with Crippen LogP contribution in [-0.2, 0) is 5.41 Å². The van der Waals surface area contributed by atoms with Crippen LogP contribution in [0.4, 0.5) is 0 Å². The molecule has 0 bridgehead atoms. The van der Waals surface area contributed by atoms with Crippen molar-refractivity contribution in [3.63, 3.8) is 0 Å². The molecule has 0 fully saturated rings. The van der Waals surface area contributed by atoms with Crippen molar-refractivity contribution in [1.29, 1.82) is 0 Å². The van der Waals surface area contributed by atoms with Crippen LogP contribution in [0.25, 0.3) is 60.6 Å². The number of fused-ring (bicyclic) bond motifs is 9. The van der Waals surface area contributed by atoms with Gasteiger partial charge in [-0.2, -0.15) is 0 Å². The van der Waals surface area contributed by atoms with Gasteiger partial charge in [-0.05, 0) is 75.8 Å². The van der Waals surface area contributed by atoms with Gasteiger partial charge >= 0.3 is 0 Å². The molecule has 3 heterocycles. The molecule has 3 aromatic heterocycles. The van der Waals surface area contributed by atoms with Gasteiger partial charge in [0.1, 0.15) is 11.2 Å². The van der Waals surface area contributed by atoms with E-state index in [2.05, 4.69) is 143 Å². The van der Waals surface area contributed by atoms with Crippen molar-refractivity contribution in [2.45, 2.75) is 5.41 Å². The van der Waals surface area contributed by atoms with Crippen LogP contribution in [0.15, 0.2) is 162 Å². The fourth-order valence-corrected chi connectivity index (χ4v) is 7.93. The second kappa shape index (κ2) is 9.04. The van der Waals surface area contributed by atoms with Crippen LogP contribution in [-0.4, -0.2) is 9.55 Å². The maximum Gasteiger partial charge on any atom is 0.137 e. The zero-order chi connectivity index (χ0) is 29.5. The van der Waals surface area contributed by atoms with Gasteiger partial charge in [0.05, 0.1) is 16.4 Å². The minimum atomic E-state index is -0.494. The van der Waals surface area contributed by atoms with Gasteiger partial charge in [-0.1, -0.05) is 97.1 Å². The summed E-state index contributed by atoms with van der Waals surface area (Å²) in [4.78, 5) is 4.63. The van der Waals surface area contributed by atoms with Crippen LogP contribution < -0.4 is 0 Å². The van der Waals surface area contributed by atoms with Gasteiger partial charge in [0.25, 0.3) is 0 Å². The largest absolute Gasteiger partial charge is 0.456 e. The Balaban J connectivity index is 1.33. The van der Waals surface area contributed by atoms with Crippen LogP contribution in [0.1, 0.15) is 22.3 Å². The Labute approximate surface area is 259 Å². The summed E-state index contributed by atoms with van der Waals surface area (Å²) < 4.78 is 8.74. The van der Waals surface area contributed by atoms with E-state index in [9.17, 15) is 0 Å². The van der Waals surface area contributed by atoms with E-state index < -0.39 is 5.41 Å². The molecule has 1 aliphatic rings. The Morgan fingerprint density at radius 2 is 1.24 bits per heavy atom. The summed E-state index contributed by atoms with van der Waals surface area (Å²) in [6.45, 7) is 0. The summed E-state index contributed by atoms with van der Waals surface area (Å²) in [7, 11) is 0. The van der Waals surface area contributed by atoms with Crippen molar-refractivity contribution in [2.75, 3.05) is 0 Å². The standard InChI is InChI=1S/C42H26N2O/c1-2-11-27(12-3-1)42(28-13-10-22-43-26-28)36-17-7-4-14-30(36)34-25-39-35(24-37(34)42)31-15-5-8-18-38(31)44(39)29-20-21-33-32-16-6-9-19-40(32)45-41(33)23-29/h1-26H. The van der Waals surface area contributed by atoms with Crippen molar-refractivity contribution < 1.29 is 4.42 Å². The summed E-state index contributed by atoms with van der Waals surface area (Å²) in [5.41, 5.74) is 12.2. The lowest BCUT2D eigenvalue weighted by Gasteiger charge is -2.33. The minimum Gasteiger partial charge on any atom is -0.456 e. The van der Waals surface area contributed by atoms with E-state index in [1.165, 1.54) is 55.2 Å². The molecule has 1 aliphatic carbocycles. The molecule has 6 aromatic carbocycles. The molecule has 0 saturated carbocycles. The lowest BCUT2D eigenvalue weighted by Crippen LogP contribution is -2.28. The monoisotopic (exact) mass is 574 g/mol. The molecule has 3 nitrogen and oxygen atoms in total. The second-order valence-electron chi connectivity index (χ2n) is 11.9. The summed E-state index contributed by atoms with van der Waals surface area (Å²) >= 11 is 0. The van der Waals surface area contributed by atoms with Crippen LogP contribution in [0.2, 0.25) is 0 Å². The molecule has 0 aliphatic heterocycles. The van der Waals surface area contributed by atoms with Crippen molar-refractivity contribution in [2.24, 2.45) is 0 Å². The van der Waals surface area contributed by atoms with Gasteiger partial charge in [-0.15, -0.1) is 0 Å². The lowest BCUT2D eigenvalue weighted by molar-refractivity contribution is 0.668. The maximum atomic E-state index is 6.34. The highest BCUT2D eigenvalue weighted by molar-refractivity contribution is 6.12. The van der Waals surface area contributed by atoms with Gasteiger partial charge in [0.2, 0.25) is 0 Å². The highest BCUT2D eigenvalue weighted by Crippen LogP contribution is 2.57. The fraction of sp³-hybridized carbons (Fsp3) is 0.0238. The molecule has 0 N–H and O–H groups in total. The molecule has 0 spiro atoms. The molecule has 0 saturated heterocycles. The lowest BCUT2D eigenvalue weighted by atomic mass is 9.68. The third-order valence-corrected chi connectivity index (χ3v) is 9.76. The van der Waals surface area contributed by atoms with E-state index in [-0.39, 0.29) is 0 Å². The SMILES string of the molecule is c1ccc(C2(c3cccnc3)c3ccccc3-c3cc4c(cc32)c2ccccc2n4-c2ccc3c(c2)oc2ccccc23)cc1. The average molecular weight is 575 g/mol. The molecule has 1 unspecified atom stereocenters. The van der Waals surface area contributed by atoms with E-state index in [4.69, 9.17) is 4.42 Å². The number of aromatic nitrogens is 2. The van der Waals surface area contributed by atoms with Crippen molar-refractivity contribution >= 4 is 43.7 Å². The molecular weight excluding hydrogens is 548 g/mol. The number of pyridine rings is 1. The van der Waals surface area contributed by atoms with E-state index in [1.807, 2.05) is 24.5 Å². The summed E-state index contributed by atoms with van der Waals surface area (Å²) in [5, 5.41) is 4.73. The summed E-state index contributed by atoms with van der Waals surface area (Å²) in [6, 6.07) is 52.5. The Bertz CT molecular complexity index is 2550. The normalized spacial score (nSPS) is 15.6. The molecule has 0 radical (unpaired) electrons. The Morgan fingerprint density at radius 3 is 2.13 bits per heavy atom. The predicted molar refractivity (Wildman–Crippen MR) is 183 cm³/mol. The Kier molecular flexibility index (Phi) is 4.92. The number of hydrogen-bond donors (Lipinski definition) is 0. The highest BCUT2D eigenvalue weighted by Gasteiger charge is 2.46. The van der Waals surface area contributed by atoms with Gasteiger partial charge in [0, 0.05) is 45.7 Å². The van der Waals surface area contributed by atoms with Crippen molar-refractivity contribution in [1.82, 2.24) is 9.55 Å². The van der Waals surface area contributed by atoms with Crippen LogP contribution in [0.5, 0.6) is 0 Å². The molecule has 0 amide bonds. The first-order chi connectivity index (χ1) is 22.3. The fourth-order valence-electron chi connectivity index (χ4n) is 7.93. The summed E-state index contributed by atoms with van der Waals surface area (Å²) in [5.74, 6) is 0. The van der Waals surface area contributed by atoms with E-state index >= 15 is 0 Å². The molecule has 210 valence electrons. The van der Waals surface area contributed by atoms with Gasteiger partial charge in [-0.3, -0.25) is 4.98 Å². The van der Waals surface area contributed by atoms with Gasteiger partial charge < -0.3 is 8.98 Å². The summed E-state index contributed by atoms with van der Waals surface area (Å²) in [6.07, 6.45) is 3.90. The quantitative estimate of drug-likeness (QED) is 0.210.